The molecule has 0 aromatic heterocycles. The molecule has 0 amide bonds. The van der Waals surface area contributed by atoms with Gasteiger partial charge in [-0.3, -0.25) is 0 Å². The Morgan fingerprint density at radius 3 is 2.53 bits per heavy atom. The second-order valence-electron chi connectivity index (χ2n) is 5.46. The molecule has 17 heavy (non-hydrogen) atoms. The number of likely N-dealkylation sites (N-methyl/N-ethyl adjacent to an activating group) is 1. The fraction of sp³-hybridized carbons (Fsp3) is 0.571. The largest absolute Gasteiger partial charge is 0.497 e. The van der Waals surface area contributed by atoms with Gasteiger partial charge in [0.05, 0.1) is 13.2 Å². The Bertz CT molecular complexity index is 357. The van der Waals surface area contributed by atoms with Crippen molar-refractivity contribution in [3.05, 3.63) is 24.3 Å². The predicted octanol–water partition coefficient (Wildman–Crippen LogP) is 2.54. The zero-order valence-electron chi connectivity index (χ0n) is 11.4. The Kier molecular flexibility index (Phi) is 4.40. The highest BCUT2D eigenvalue weighted by molar-refractivity contribution is 5.50. The molecule has 1 unspecified atom stereocenters. The van der Waals surface area contributed by atoms with E-state index in [1.807, 2.05) is 57.0 Å². The molecular formula is C14H23NO2. The lowest BCUT2D eigenvalue weighted by Gasteiger charge is -2.31. The summed E-state index contributed by atoms with van der Waals surface area (Å²) in [6, 6.07) is 7.85. The van der Waals surface area contributed by atoms with Crippen molar-refractivity contribution in [1.82, 2.24) is 0 Å². The molecule has 0 saturated carbocycles. The molecule has 1 rings (SSSR count). The molecule has 3 nitrogen and oxygen atoms in total. The van der Waals surface area contributed by atoms with Gasteiger partial charge >= 0.3 is 0 Å². The summed E-state index contributed by atoms with van der Waals surface area (Å²) in [6.07, 6.45) is -0.362. The Labute approximate surface area is 104 Å². The van der Waals surface area contributed by atoms with Gasteiger partial charge in [0.1, 0.15) is 5.75 Å². The zero-order valence-corrected chi connectivity index (χ0v) is 11.4. The maximum Gasteiger partial charge on any atom is 0.120 e. The van der Waals surface area contributed by atoms with Crippen LogP contribution >= 0.6 is 0 Å². The van der Waals surface area contributed by atoms with E-state index < -0.39 is 0 Å². The molecule has 1 atom stereocenters. The van der Waals surface area contributed by atoms with E-state index in [0.29, 0.717) is 6.54 Å². The first-order valence-corrected chi connectivity index (χ1v) is 5.88. The lowest BCUT2D eigenvalue weighted by molar-refractivity contribution is 0.0699. The van der Waals surface area contributed by atoms with E-state index in [0.717, 1.165) is 11.4 Å². The van der Waals surface area contributed by atoms with Gasteiger partial charge in [-0.05, 0) is 17.5 Å². The van der Waals surface area contributed by atoms with Crippen LogP contribution in [0.3, 0.4) is 0 Å². The highest BCUT2D eigenvalue weighted by Gasteiger charge is 2.23. The van der Waals surface area contributed by atoms with Crippen LogP contribution in [0, 0.1) is 5.41 Å². The quantitative estimate of drug-likeness (QED) is 0.873. The van der Waals surface area contributed by atoms with E-state index in [2.05, 4.69) is 0 Å². The van der Waals surface area contributed by atoms with Gasteiger partial charge in [0.15, 0.2) is 0 Å². The topological polar surface area (TPSA) is 32.7 Å². The molecule has 0 fully saturated rings. The van der Waals surface area contributed by atoms with Crippen LogP contribution in [0.1, 0.15) is 20.8 Å². The van der Waals surface area contributed by atoms with E-state index >= 15 is 0 Å². The molecule has 1 aromatic rings. The number of aliphatic hydroxyl groups is 1. The van der Waals surface area contributed by atoms with E-state index in [9.17, 15) is 5.11 Å². The van der Waals surface area contributed by atoms with E-state index in [1.54, 1.807) is 7.11 Å². The number of ether oxygens (including phenoxy) is 1. The van der Waals surface area contributed by atoms with Crippen LogP contribution in [0.25, 0.3) is 0 Å². The smallest absolute Gasteiger partial charge is 0.120 e. The predicted molar refractivity (Wildman–Crippen MR) is 71.7 cm³/mol. The lowest BCUT2D eigenvalue weighted by Crippen LogP contribution is -2.37. The number of anilines is 1. The molecule has 0 spiro atoms. The summed E-state index contributed by atoms with van der Waals surface area (Å²) in [6.45, 7) is 6.72. The first-order chi connectivity index (χ1) is 7.84. The van der Waals surface area contributed by atoms with Gasteiger partial charge < -0.3 is 14.7 Å². The summed E-state index contributed by atoms with van der Waals surface area (Å²) in [5.74, 6) is 0.833. The van der Waals surface area contributed by atoms with Crippen molar-refractivity contribution in [2.75, 3.05) is 25.6 Å². The van der Waals surface area contributed by atoms with Crippen LogP contribution in [0.15, 0.2) is 24.3 Å². The Balaban J connectivity index is 2.72. The third-order valence-electron chi connectivity index (χ3n) is 2.94. The molecule has 0 aliphatic heterocycles. The first-order valence-electron chi connectivity index (χ1n) is 5.88. The van der Waals surface area contributed by atoms with Crippen LogP contribution in [0.4, 0.5) is 5.69 Å². The highest BCUT2D eigenvalue weighted by atomic mass is 16.5. The number of hydrogen-bond acceptors (Lipinski definition) is 3. The number of benzene rings is 1. The number of rotatable bonds is 4. The second-order valence-corrected chi connectivity index (χ2v) is 5.46. The van der Waals surface area contributed by atoms with Crippen LogP contribution in [-0.2, 0) is 0 Å². The fourth-order valence-electron chi connectivity index (χ4n) is 1.49. The first kappa shape index (κ1) is 13.8. The van der Waals surface area contributed by atoms with Crippen molar-refractivity contribution < 1.29 is 9.84 Å². The molecule has 1 N–H and O–H groups in total. The van der Waals surface area contributed by atoms with Crippen LogP contribution in [-0.4, -0.2) is 31.9 Å². The standard InChI is InChI=1S/C14H23NO2/c1-14(2,3)13(16)10-15(4)11-7-6-8-12(9-11)17-5/h6-9,13,16H,10H2,1-5H3. The molecule has 96 valence electrons. The van der Waals surface area contributed by atoms with Gasteiger partial charge in [0, 0.05) is 25.3 Å². The third-order valence-corrected chi connectivity index (χ3v) is 2.94. The zero-order chi connectivity index (χ0) is 13.1. The number of methoxy groups -OCH3 is 1. The number of nitrogens with zero attached hydrogens (tertiary/aromatic N) is 1. The van der Waals surface area contributed by atoms with Crippen molar-refractivity contribution in [1.29, 1.82) is 0 Å². The van der Waals surface area contributed by atoms with E-state index in [1.165, 1.54) is 0 Å². The second kappa shape index (κ2) is 5.41. The molecule has 0 aliphatic carbocycles. The van der Waals surface area contributed by atoms with Gasteiger partial charge in [-0.2, -0.15) is 0 Å². The van der Waals surface area contributed by atoms with Crippen LogP contribution in [0.5, 0.6) is 5.75 Å². The summed E-state index contributed by atoms with van der Waals surface area (Å²) in [5, 5.41) is 10.1. The Morgan fingerprint density at radius 1 is 1.35 bits per heavy atom. The molecule has 0 bridgehead atoms. The van der Waals surface area contributed by atoms with Gasteiger partial charge in [-0.15, -0.1) is 0 Å². The molecular weight excluding hydrogens is 214 g/mol. The molecule has 1 aromatic carbocycles. The average molecular weight is 237 g/mol. The van der Waals surface area contributed by atoms with Gasteiger partial charge in [-0.1, -0.05) is 26.8 Å². The lowest BCUT2D eigenvalue weighted by atomic mass is 9.89. The summed E-state index contributed by atoms with van der Waals surface area (Å²) in [4.78, 5) is 2.04. The normalized spacial score (nSPS) is 13.3. The molecule has 0 aliphatic rings. The minimum absolute atomic E-state index is 0.104. The molecule has 3 heteroatoms. The summed E-state index contributed by atoms with van der Waals surface area (Å²) in [5.41, 5.74) is 0.945. The van der Waals surface area contributed by atoms with Crippen molar-refractivity contribution >= 4 is 5.69 Å². The highest BCUT2D eigenvalue weighted by Crippen LogP contribution is 2.24. The minimum atomic E-state index is -0.362. The summed E-state index contributed by atoms with van der Waals surface area (Å²) in [7, 11) is 3.63. The number of aliphatic hydroxyl groups excluding tert-OH is 1. The van der Waals surface area contributed by atoms with Crippen molar-refractivity contribution in [3.8, 4) is 5.75 Å². The van der Waals surface area contributed by atoms with Crippen LogP contribution in [0.2, 0.25) is 0 Å². The van der Waals surface area contributed by atoms with Gasteiger partial charge in [-0.25, -0.2) is 0 Å². The van der Waals surface area contributed by atoms with E-state index in [-0.39, 0.29) is 11.5 Å². The SMILES string of the molecule is COc1cccc(N(C)CC(O)C(C)(C)C)c1. The molecule has 0 saturated heterocycles. The van der Waals surface area contributed by atoms with Gasteiger partial charge in [0.25, 0.3) is 0 Å². The fourth-order valence-corrected chi connectivity index (χ4v) is 1.49. The average Bonchev–Trinajstić information content (AvgIpc) is 2.27. The Morgan fingerprint density at radius 2 is 2.00 bits per heavy atom. The molecule has 0 radical (unpaired) electrons. The third kappa shape index (κ3) is 3.93. The van der Waals surface area contributed by atoms with Crippen molar-refractivity contribution in [2.45, 2.75) is 26.9 Å². The Hall–Kier alpha value is -1.22. The number of hydrogen-bond donors (Lipinski definition) is 1. The summed E-state index contributed by atoms with van der Waals surface area (Å²) >= 11 is 0. The van der Waals surface area contributed by atoms with Gasteiger partial charge in [0.2, 0.25) is 0 Å². The minimum Gasteiger partial charge on any atom is -0.497 e. The van der Waals surface area contributed by atoms with Crippen molar-refractivity contribution in [3.63, 3.8) is 0 Å². The monoisotopic (exact) mass is 237 g/mol. The summed E-state index contributed by atoms with van der Waals surface area (Å²) < 4.78 is 5.19. The van der Waals surface area contributed by atoms with E-state index in [4.69, 9.17) is 4.74 Å². The van der Waals surface area contributed by atoms with Crippen molar-refractivity contribution in [2.24, 2.45) is 5.41 Å². The maximum absolute atomic E-state index is 10.1. The van der Waals surface area contributed by atoms with Crippen LogP contribution < -0.4 is 9.64 Å². The molecule has 0 heterocycles. The maximum atomic E-state index is 10.1.